The van der Waals surface area contributed by atoms with E-state index >= 15 is 0 Å². The first-order valence-electron chi connectivity index (χ1n) is 16.3. The van der Waals surface area contributed by atoms with Crippen LogP contribution < -0.4 is 0 Å². The third-order valence-corrected chi connectivity index (χ3v) is 13.8. The van der Waals surface area contributed by atoms with Crippen molar-refractivity contribution in [3.8, 4) is 0 Å². The number of fused-ring (bicyclic) bond motifs is 3. The van der Waals surface area contributed by atoms with E-state index in [1.807, 2.05) is 6.07 Å². The average Bonchev–Trinajstić information content (AvgIpc) is 3.46. The first kappa shape index (κ1) is 29.3. The van der Waals surface area contributed by atoms with Gasteiger partial charge in [-0.05, 0) is 101 Å². The van der Waals surface area contributed by atoms with Gasteiger partial charge in [0.2, 0.25) is 0 Å². The fourth-order valence-corrected chi connectivity index (χ4v) is 11.6. The summed E-state index contributed by atoms with van der Waals surface area (Å²) in [5.74, 6) is -0.365. The number of carbonyl (C=O) groups excluding carboxylic acids is 1. The molecule has 3 N–H and O–H groups in total. The second kappa shape index (κ2) is 9.52. The number of aliphatic hydroxyl groups is 3. The van der Waals surface area contributed by atoms with Gasteiger partial charge >= 0.3 is 5.97 Å². The van der Waals surface area contributed by atoms with Gasteiger partial charge in [-0.1, -0.05) is 88.4 Å². The van der Waals surface area contributed by atoms with Gasteiger partial charge in [-0.3, -0.25) is 4.79 Å². The van der Waals surface area contributed by atoms with E-state index in [1.165, 1.54) is 11.1 Å². The van der Waals surface area contributed by atoms with Crippen LogP contribution in [0.5, 0.6) is 0 Å². The second-order valence-electron chi connectivity index (χ2n) is 15.8. The van der Waals surface area contributed by atoms with E-state index < -0.39 is 24.2 Å². The van der Waals surface area contributed by atoms with Gasteiger partial charge in [0.15, 0.2) is 0 Å². The van der Waals surface area contributed by atoms with Crippen molar-refractivity contribution in [2.75, 3.05) is 6.61 Å². The second-order valence-corrected chi connectivity index (χ2v) is 15.8. The van der Waals surface area contributed by atoms with Gasteiger partial charge in [-0.25, -0.2) is 0 Å². The Morgan fingerprint density at radius 2 is 1.84 bits per heavy atom. The number of carbonyl (C=O) groups is 1. The van der Waals surface area contributed by atoms with Crippen LogP contribution in [0.4, 0.5) is 0 Å². The highest BCUT2D eigenvalue weighted by Gasteiger charge is 2.85. The molecular weight excluding hydrogens is 536 g/mol. The van der Waals surface area contributed by atoms with E-state index in [4.69, 9.17) is 4.74 Å². The molecule has 1 heterocycles. The number of hydrogen-bond acceptors (Lipinski definition) is 5. The number of aliphatic hydroxyl groups excluding tert-OH is 3. The lowest BCUT2D eigenvalue weighted by Crippen LogP contribution is -2.63. The summed E-state index contributed by atoms with van der Waals surface area (Å²) >= 11 is 0. The molecule has 1 saturated heterocycles. The number of allylic oxidation sites excluding steroid dienone is 5. The Balaban J connectivity index is 1.22. The van der Waals surface area contributed by atoms with Gasteiger partial charge in [0, 0.05) is 5.41 Å². The number of rotatable bonds is 5. The monoisotopic (exact) mass is 584 g/mol. The van der Waals surface area contributed by atoms with Crippen molar-refractivity contribution in [1.29, 1.82) is 0 Å². The standard InChI is InChI=1S/C38H48O5/c1-23(21-39)19-27-32(41)31(33(42)43-27)26-14-18-38-22-37(26,38)17-15-28-35(4)16-13-25(12-11-24-9-7-6-8-10-24)34(2,3)29(35)20-30(40)36(28,38)5/h6-13,15,17,19,26-32,39-41H,14,16,18,20-22H2,1-5H3/b12-11+,23-19+/t26-,27-,28+,29-,30-,31+,32-,35+,36-,37+,38+/m0/s1. The minimum absolute atomic E-state index is 0.00314. The predicted molar refractivity (Wildman–Crippen MR) is 167 cm³/mol. The summed E-state index contributed by atoms with van der Waals surface area (Å²) < 4.78 is 5.67. The predicted octanol–water partition coefficient (Wildman–Crippen LogP) is 6.26. The highest BCUT2D eigenvalue weighted by atomic mass is 16.6. The van der Waals surface area contributed by atoms with E-state index in [9.17, 15) is 20.1 Å². The van der Waals surface area contributed by atoms with Crippen molar-refractivity contribution in [2.24, 2.45) is 50.7 Å². The number of ether oxygens (including phenoxy) is 1. The van der Waals surface area contributed by atoms with E-state index in [1.54, 1.807) is 13.0 Å². The maximum Gasteiger partial charge on any atom is 0.312 e. The lowest BCUT2D eigenvalue weighted by molar-refractivity contribution is -0.182. The molecule has 230 valence electrons. The Morgan fingerprint density at radius 1 is 1.09 bits per heavy atom. The van der Waals surface area contributed by atoms with Crippen LogP contribution in [0.2, 0.25) is 0 Å². The Kier molecular flexibility index (Phi) is 6.47. The zero-order valence-corrected chi connectivity index (χ0v) is 26.3. The fourth-order valence-electron chi connectivity index (χ4n) is 11.6. The molecule has 43 heavy (non-hydrogen) atoms. The Labute approximate surface area is 256 Å². The molecule has 0 aromatic heterocycles. The normalized spacial score (nSPS) is 47.8. The third-order valence-electron chi connectivity index (χ3n) is 13.8. The molecule has 0 radical (unpaired) electrons. The smallest absolute Gasteiger partial charge is 0.312 e. The third kappa shape index (κ3) is 3.71. The molecule has 4 fully saturated rings. The summed E-state index contributed by atoms with van der Waals surface area (Å²) in [6.45, 7) is 11.2. The van der Waals surface area contributed by atoms with Crippen LogP contribution in [0.3, 0.4) is 0 Å². The summed E-state index contributed by atoms with van der Waals surface area (Å²) in [6.07, 6.45) is 15.9. The number of cyclic esters (lactones) is 1. The first-order chi connectivity index (χ1) is 20.4. The van der Waals surface area contributed by atoms with Gasteiger partial charge in [0.1, 0.15) is 12.2 Å². The van der Waals surface area contributed by atoms with Crippen molar-refractivity contribution < 1.29 is 24.9 Å². The lowest BCUT2D eigenvalue weighted by atomic mass is 9.39. The molecule has 0 unspecified atom stereocenters. The van der Waals surface area contributed by atoms with E-state index in [-0.39, 0.29) is 51.5 Å². The van der Waals surface area contributed by atoms with Crippen LogP contribution in [-0.2, 0) is 9.53 Å². The van der Waals surface area contributed by atoms with Gasteiger partial charge in [0.25, 0.3) is 0 Å². The zero-order valence-electron chi connectivity index (χ0n) is 26.3. The molecule has 3 saturated carbocycles. The maximum atomic E-state index is 13.2. The Morgan fingerprint density at radius 3 is 2.56 bits per heavy atom. The minimum Gasteiger partial charge on any atom is -0.455 e. The fraction of sp³-hybridized carbons (Fsp3) is 0.605. The van der Waals surface area contributed by atoms with Crippen molar-refractivity contribution in [2.45, 2.75) is 85.0 Å². The van der Waals surface area contributed by atoms with E-state index in [0.717, 1.165) is 32.1 Å². The largest absolute Gasteiger partial charge is 0.455 e. The molecule has 0 amide bonds. The molecule has 0 bridgehead atoms. The summed E-state index contributed by atoms with van der Waals surface area (Å²) in [5, 5.41) is 33.1. The van der Waals surface area contributed by atoms with Gasteiger partial charge in [-0.2, -0.15) is 0 Å². The van der Waals surface area contributed by atoms with Gasteiger partial charge < -0.3 is 20.1 Å². The molecule has 7 rings (SSSR count). The van der Waals surface area contributed by atoms with Gasteiger partial charge in [0.05, 0.1) is 18.6 Å². The Bertz CT molecular complexity index is 1440. The molecule has 1 aliphatic heterocycles. The summed E-state index contributed by atoms with van der Waals surface area (Å²) in [6, 6.07) is 10.4. The summed E-state index contributed by atoms with van der Waals surface area (Å²) in [7, 11) is 0. The van der Waals surface area contributed by atoms with E-state index in [0.29, 0.717) is 11.5 Å². The molecule has 5 heteroatoms. The lowest BCUT2D eigenvalue weighted by Gasteiger charge is -2.66. The highest BCUT2D eigenvalue weighted by Crippen LogP contribution is 2.89. The van der Waals surface area contributed by atoms with Crippen LogP contribution in [-0.4, -0.2) is 46.2 Å². The average molecular weight is 585 g/mol. The molecular formula is C38H48O5. The van der Waals surface area contributed by atoms with Crippen molar-refractivity contribution in [3.63, 3.8) is 0 Å². The molecule has 5 aliphatic carbocycles. The van der Waals surface area contributed by atoms with Crippen molar-refractivity contribution in [1.82, 2.24) is 0 Å². The molecule has 11 atom stereocenters. The van der Waals surface area contributed by atoms with Crippen LogP contribution in [0, 0.1) is 50.7 Å². The highest BCUT2D eigenvalue weighted by molar-refractivity contribution is 5.77. The van der Waals surface area contributed by atoms with Crippen molar-refractivity contribution in [3.05, 3.63) is 77.4 Å². The first-order valence-corrected chi connectivity index (χ1v) is 16.3. The molecule has 0 spiro atoms. The number of benzene rings is 1. The molecule has 1 aromatic carbocycles. The van der Waals surface area contributed by atoms with Gasteiger partial charge in [-0.15, -0.1) is 0 Å². The minimum atomic E-state index is -0.923. The van der Waals surface area contributed by atoms with Crippen molar-refractivity contribution >= 4 is 12.0 Å². The zero-order chi connectivity index (χ0) is 30.6. The van der Waals surface area contributed by atoms with Crippen LogP contribution in [0.1, 0.15) is 72.3 Å². The van der Waals surface area contributed by atoms with Crippen LogP contribution >= 0.6 is 0 Å². The number of esters is 1. The Hall–Kier alpha value is -2.47. The molecule has 6 aliphatic rings. The number of hydrogen-bond donors (Lipinski definition) is 3. The van der Waals surface area contributed by atoms with Crippen LogP contribution in [0.15, 0.2) is 71.9 Å². The quantitative estimate of drug-likeness (QED) is 0.281. The molecule has 5 nitrogen and oxygen atoms in total. The maximum absolute atomic E-state index is 13.2. The summed E-state index contributed by atoms with van der Waals surface area (Å²) in [5.41, 5.74) is 2.58. The SMILES string of the molecule is C/C(=C\[C@@H]1OC(=O)[C@H]([C@@H]2CC[C@]34C[C@]23C=C[C@@H]2[C@@]3(C)CC=C(/C=C/c5ccccc5)C(C)(C)[C@@H]3C[C@H](O)[C@]24C)[C@H]1O)CO. The topological polar surface area (TPSA) is 87.0 Å². The van der Waals surface area contributed by atoms with Crippen LogP contribution in [0.25, 0.3) is 6.08 Å². The molecule has 1 aromatic rings. The summed E-state index contributed by atoms with van der Waals surface area (Å²) in [4.78, 5) is 13.2. The van der Waals surface area contributed by atoms with E-state index in [2.05, 4.69) is 82.3 Å².